The molecule has 0 spiro atoms. The second kappa shape index (κ2) is 6.71. The number of likely N-dealkylation sites (N-methyl/N-ethyl adjacent to an activating group) is 1. The van der Waals surface area contributed by atoms with E-state index in [1.807, 2.05) is 0 Å². The summed E-state index contributed by atoms with van der Waals surface area (Å²) in [5, 5.41) is 5.90. The third-order valence-corrected chi connectivity index (χ3v) is 2.05. The number of carbonyl (C=O) groups is 1. The van der Waals surface area contributed by atoms with Crippen molar-refractivity contribution in [3.8, 4) is 0 Å². The van der Waals surface area contributed by atoms with E-state index in [9.17, 15) is 4.79 Å². The molecule has 1 heterocycles. The van der Waals surface area contributed by atoms with Crippen LogP contribution in [-0.2, 0) is 11.3 Å². The van der Waals surface area contributed by atoms with E-state index in [1.165, 1.54) is 0 Å². The molecule has 2 N–H and O–H groups in total. The molecule has 4 nitrogen and oxygen atoms in total. The number of nitrogens with one attached hydrogen (secondary N) is 2. The Morgan fingerprint density at radius 1 is 1.60 bits per heavy atom. The second-order valence-corrected chi connectivity index (χ2v) is 3.30. The molecule has 1 rings (SSSR count). The minimum absolute atomic E-state index is 0. The summed E-state index contributed by atoms with van der Waals surface area (Å²) in [6.45, 7) is 2.27. The second-order valence-electron chi connectivity index (χ2n) is 2.92. The molecule has 0 aliphatic heterocycles. The summed E-state index contributed by atoms with van der Waals surface area (Å²) in [5.41, 5.74) is 0. The van der Waals surface area contributed by atoms with E-state index in [0.29, 0.717) is 17.5 Å². The van der Waals surface area contributed by atoms with Gasteiger partial charge in [0.1, 0.15) is 5.76 Å². The predicted octanol–water partition coefficient (Wildman–Crippen LogP) is 1.58. The summed E-state index contributed by atoms with van der Waals surface area (Å²) in [6.07, 6.45) is 0. The topological polar surface area (TPSA) is 54.3 Å². The maximum absolute atomic E-state index is 11.1. The van der Waals surface area contributed by atoms with Gasteiger partial charge in [-0.15, -0.1) is 12.4 Å². The van der Waals surface area contributed by atoms with Crippen molar-refractivity contribution in [2.45, 2.75) is 19.5 Å². The van der Waals surface area contributed by atoms with Crippen molar-refractivity contribution < 1.29 is 9.21 Å². The summed E-state index contributed by atoms with van der Waals surface area (Å²) >= 11 is 5.59. The number of rotatable bonds is 4. The highest BCUT2D eigenvalue weighted by Crippen LogP contribution is 2.12. The number of carbonyl (C=O) groups excluding carboxylic acids is 1. The van der Waals surface area contributed by atoms with Gasteiger partial charge in [-0.1, -0.05) is 0 Å². The fraction of sp³-hybridized carbons (Fsp3) is 0.444. The van der Waals surface area contributed by atoms with Crippen LogP contribution in [0.15, 0.2) is 16.5 Å². The van der Waals surface area contributed by atoms with E-state index in [-0.39, 0.29) is 24.4 Å². The van der Waals surface area contributed by atoms with Crippen LogP contribution in [0.25, 0.3) is 0 Å². The van der Waals surface area contributed by atoms with Gasteiger partial charge < -0.3 is 9.73 Å². The van der Waals surface area contributed by atoms with Gasteiger partial charge in [-0.2, -0.15) is 0 Å². The smallest absolute Gasteiger partial charge is 0.236 e. The van der Waals surface area contributed by atoms with Crippen molar-refractivity contribution in [3.63, 3.8) is 0 Å². The molecule has 86 valence electrons. The van der Waals surface area contributed by atoms with Crippen molar-refractivity contribution in [3.05, 3.63) is 23.1 Å². The predicted molar refractivity (Wildman–Crippen MR) is 61.3 cm³/mol. The first-order chi connectivity index (χ1) is 6.63. The Balaban J connectivity index is 0.00000196. The number of amides is 1. The van der Waals surface area contributed by atoms with E-state index < -0.39 is 0 Å². The molecule has 0 aliphatic rings. The minimum atomic E-state index is -0.246. The molecule has 0 aromatic carbocycles. The van der Waals surface area contributed by atoms with Gasteiger partial charge in [0.05, 0.1) is 12.6 Å². The highest BCUT2D eigenvalue weighted by Gasteiger charge is 2.10. The van der Waals surface area contributed by atoms with Gasteiger partial charge in [-0.25, -0.2) is 0 Å². The summed E-state index contributed by atoms with van der Waals surface area (Å²) in [4.78, 5) is 11.1. The van der Waals surface area contributed by atoms with Crippen LogP contribution < -0.4 is 10.6 Å². The zero-order valence-corrected chi connectivity index (χ0v) is 10.1. The summed E-state index contributed by atoms with van der Waals surface area (Å²) in [5.74, 6) is 0.661. The molecule has 15 heavy (non-hydrogen) atoms. The summed E-state index contributed by atoms with van der Waals surface area (Å²) < 4.78 is 5.12. The monoisotopic (exact) mass is 252 g/mol. The van der Waals surface area contributed by atoms with Gasteiger partial charge in [0.15, 0.2) is 5.22 Å². The van der Waals surface area contributed by atoms with Gasteiger partial charge in [-0.05, 0) is 30.7 Å². The molecule has 0 bridgehead atoms. The largest absolute Gasteiger partial charge is 0.448 e. The lowest BCUT2D eigenvalue weighted by atomic mass is 10.3. The molecule has 1 atom stereocenters. The summed E-state index contributed by atoms with van der Waals surface area (Å²) in [6, 6.07) is 3.19. The average molecular weight is 253 g/mol. The van der Waals surface area contributed by atoms with Crippen LogP contribution in [0.3, 0.4) is 0 Å². The lowest BCUT2D eigenvalue weighted by molar-refractivity contribution is -0.122. The Labute approximate surface area is 99.8 Å². The van der Waals surface area contributed by atoms with Crippen LogP contribution in [0, 0.1) is 0 Å². The quantitative estimate of drug-likeness (QED) is 0.856. The number of furan rings is 1. The molecule has 1 amide bonds. The Kier molecular flexibility index (Phi) is 6.40. The van der Waals surface area contributed by atoms with Gasteiger partial charge in [0, 0.05) is 7.05 Å². The van der Waals surface area contributed by atoms with Crippen LogP contribution >= 0.6 is 24.0 Å². The molecule has 0 radical (unpaired) electrons. The van der Waals surface area contributed by atoms with Crippen molar-refractivity contribution in [2.24, 2.45) is 0 Å². The molecular formula is C9H14Cl2N2O2. The molecule has 0 saturated heterocycles. The SMILES string of the molecule is CNC(=O)[C@@H](C)NCc1ccc(Cl)o1.Cl. The maximum atomic E-state index is 11.1. The molecular weight excluding hydrogens is 239 g/mol. The van der Waals surface area contributed by atoms with Crippen LogP contribution in [0.4, 0.5) is 0 Å². The number of hydrogen-bond acceptors (Lipinski definition) is 3. The van der Waals surface area contributed by atoms with Crippen molar-refractivity contribution >= 4 is 29.9 Å². The fourth-order valence-corrected chi connectivity index (χ4v) is 1.17. The van der Waals surface area contributed by atoms with Crippen molar-refractivity contribution in [1.82, 2.24) is 10.6 Å². The van der Waals surface area contributed by atoms with E-state index >= 15 is 0 Å². The fourth-order valence-electron chi connectivity index (χ4n) is 1.01. The maximum Gasteiger partial charge on any atom is 0.236 e. The van der Waals surface area contributed by atoms with E-state index in [4.69, 9.17) is 16.0 Å². The number of hydrogen-bond donors (Lipinski definition) is 2. The Morgan fingerprint density at radius 3 is 2.73 bits per heavy atom. The zero-order valence-electron chi connectivity index (χ0n) is 8.54. The Morgan fingerprint density at radius 2 is 2.27 bits per heavy atom. The molecule has 0 aliphatic carbocycles. The standard InChI is InChI=1S/C9H13ClN2O2.ClH/c1-6(9(13)11-2)12-5-7-3-4-8(10)14-7;/h3-4,6,12H,5H2,1-2H3,(H,11,13);1H/t6-;/m1./s1. The van der Waals surface area contributed by atoms with Crippen molar-refractivity contribution in [2.75, 3.05) is 7.05 Å². The lowest BCUT2D eigenvalue weighted by Gasteiger charge is -2.10. The average Bonchev–Trinajstić information content (AvgIpc) is 2.59. The van der Waals surface area contributed by atoms with Crippen LogP contribution in [0.2, 0.25) is 5.22 Å². The molecule has 0 saturated carbocycles. The molecule has 1 aromatic heterocycles. The van der Waals surface area contributed by atoms with Crippen LogP contribution in [0.1, 0.15) is 12.7 Å². The highest BCUT2D eigenvalue weighted by atomic mass is 35.5. The Hall–Kier alpha value is -0.710. The lowest BCUT2D eigenvalue weighted by Crippen LogP contribution is -2.40. The molecule has 0 unspecified atom stereocenters. The highest BCUT2D eigenvalue weighted by molar-refractivity contribution is 6.28. The van der Waals surface area contributed by atoms with Crippen molar-refractivity contribution in [1.29, 1.82) is 0 Å². The molecule has 6 heteroatoms. The minimum Gasteiger partial charge on any atom is -0.448 e. The van der Waals surface area contributed by atoms with E-state index in [2.05, 4.69) is 10.6 Å². The van der Waals surface area contributed by atoms with Gasteiger partial charge >= 0.3 is 0 Å². The van der Waals surface area contributed by atoms with Gasteiger partial charge in [-0.3, -0.25) is 10.1 Å². The normalized spacial score (nSPS) is 11.7. The zero-order chi connectivity index (χ0) is 10.6. The summed E-state index contributed by atoms with van der Waals surface area (Å²) in [7, 11) is 1.60. The van der Waals surface area contributed by atoms with Crippen LogP contribution in [-0.4, -0.2) is 19.0 Å². The van der Waals surface area contributed by atoms with Crippen LogP contribution in [0.5, 0.6) is 0 Å². The van der Waals surface area contributed by atoms with E-state index in [0.717, 1.165) is 0 Å². The number of halogens is 2. The third-order valence-electron chi connectivity index (χ3n) is 1.85. The first-order valence-corrected chi connectivity index (χ1v) is 4.70. The molecule has 1 aromatic rings. The first kappa shape index (κ1) is 14.3. The Bertz CT molecular complexity index is 315. The molecule has 0 fully saturated rings. The third kappa shape index (κ3) is 4.55. The van der Waals surface area contributed by atoms with Gasteiger partial charge in [0.25, 0.3) is 0 Å². The van der Waals surface area contributed by atoms with E-state index in [1.54, 1.807) is 26.1 Å². The van der Waals surface area contributed by atoms with Gasteiger partial charge in [0.2, 0.25) is 5.91 Å². The first-order valence-electron chi connectivity index (χ1n) is 4.32.